The number of aryl methyl sites for hydroxylation is 1. The van der Waals surface area contributed by atoms with E-state index in [1.54, 1.807) is 0 Å². The monoisotopic (exact) mass is 304 g/mol. The van der Waals surface area contributed by atoms with Crippen LogP contribution >= 0.6 is 7.52 Å². The summed E-state index contributed by atoms with van der Waals surface area (Å²) in [5.41, 5.74) is 8.81. The van der Waals surface area contributed by atoms with Crippen molar-refractivity contribution in [2.45, 2.75) is 20.1 Å². The van der Waals surface area contributed by atoms with Crippen LogP contribution in [0.1, 0.15) is 16.7 Å². The summed E-state index contributed by atoms with van der Waals surface area (Å²) < 4.78 is 18.2. The Bertz CT molecular complexity index is 617. The average molecular weight is 304 g/mol. The smallest absolute Gasteiger partial charge is 0.283 e. The fourth-order valence-electron chi connectivity index (χ4n) is 1.92. The molecule has 2 aromatic carbocycles. The van der Waals surface area contributed by atoms with Crippen LogP contribution < -0.4 is 10.8 Å². The zero-order chi connectivity index (χ0) is 15.1. The average Bonchev–Trinajstić information content (AvgIpc) is 2.53. The van der Waals surface area contributed by atoms with Crippen LogP contribution in [0.15, 0.2) is 54.6 Å². The number of nitrogens with one attached hydrogen (secondary N) is 1. The van der Waals surface area contributed by atoms with E-state index in [0.717, 1.165) is 16.7 Å². The molecule has 0 saturated carbocycles. The highest BCUT2D eigenvalue weighted by Gasteiger charge is 2.20. The molecule has 5 heteroatoms. The van der Waals surface area contributed by atoms with E-state index >= 15 is 0 Å². The lowest BCUT2D eigenvalue weighted by Crippen LogP contribution is -2.18. The lowest BCUT2D eigenvalue weighted by molar-refractivity contribution is 0.294. The molecule has 0 saturated heterocycles. The van der Waals surface area contributed by atoms with Crippen LogP contribution in [0, 0.1) is 6.92 Å². The molecular weight excluding hydrogens is 283 g/mol. The van der Waals surface area contributed by atoms with Gasteiger partial charge < -0.3 is 10.3 Å². The van der Waals surface area contributed by atoms with E-state index in [-0.39, 0.29) is 6.29 Å². The first kappa shape index (κ1) is 15.9. The first-order valence-corrected chi connectivity index (χ1v) is 8.71. The molecule has 2 rings (SSSR count). The second kappa shape index (κ2) is 7.53. The Hall–Kier alpha value is -1.45. The van der Waals surface area contributed by atoms with E-state index in [1.807, 2.05) is 61.5 Å². The third-order valence-electron chi connectivity index (χ3n) is 3.30. The van der Waals surface area contributed by atoms with E-state index in [4.69, 9.17) is 10.3 Å². The fourth-order valence-corrected chi connectivity index (χ4v) is 3.01. The van der Waals surface area contributed by atoms with Crippen molar-refractivity contribution >= 4 is 7.52 Å². The molecule has 4 nitrogen and oxygen atoms in total. The molecule has 0 radical (unpaired) electrons. The van der Waals surface area contributed by atoms with Gasteiger partial charge in [0.15, 0.2) is 0 Å². The van der Waals surface area contributed by atoms with Gasteiger partial charge in [0, 0.05) is 6.54 Å². The molecule has 112 valence electrons. The Morgan fingerprint density at radius 1 is 1.10 bits per heavy atom. The highest BCUT2D eigenvalue weighted by atomic mass is 31.2. The summed E-state index contributed by atoms with van der Waals surface area (Å²) >= 11 is 0. The summed E-state index contributed by atoms with van der Waals surface area (Å²) in [6.07, 6.45) is -0.0221. The van der Waals surface area contributed by atoms with Gasteiger partial charge in [-0.1, -0.05) is 54.6 Å². The van der Waals surface area contributed by atoms with E-state index in [2.05, 4.69) is 5.09 Å². The maximum atomic E-state index is 12.6. The van der Waals surface area contributed by atoms with Crippen LogP contribution in [0.3, 0.4) is 0 Å². The summed E-state index contributed by atoms with van der Waals surface area (Å²) in [5, 5.41) is 2.96. The Labute approximate surface area is 125 Å². The largest absolute Gasteiger partial charge is 0.321 e. The summed E-state index contributed by atoms with van der Waals surface area (Å²) in [4.78, 5) is 0. The minimum absolute atomic E-state index is 0.0221. The molecule has 0 heterocycles. The normalized spacial score (nSPS) is 13.8. The van der Waals surface area contributed by atoms with E-state index < -0.39 is 7.52 Å². The van der Waals surface area contributed by atoms with Crippen molar-refractivity contribution in [3.05, 3.63) is 71.3 Å². The van der Waals surface area contributed by atoms with Gasteiger partial charge in [0.1, 0.15) is 0 Å². The zero-order valence-corrected chi connectivity index (χ0v) is 13.1. The molecule has 0 aliphatic heterocycles. The maximum Gasteiger partial charge on any atom is 0.283 e. The molecule has 0 aliphatic carbocycles. The predicted molar refractivity (Wildman–Crippen MR) is 85.9 cm³/mol. The molecule has 0 bridgehead atoms. The number of nitrogens with two attached hydrogens (primary N) is 1. The molecule has 0 aromatic heterocycles. The van der Waals surface area contributed by atoms with Gasteiger partial charge in [-0.15, -0.1) is 0 Å². The lowest BCUT2D eigenvalue weighted by atomic mass is 10.1. The van der Waals surface area contributed by atoms with Crippen molar-refractivity contribution in [1.82, 2.24) is 5.09 Å². The fraction of sp³-hybridized carbons (Fsp3) is 0.250. The molecule has 0 spiro atoms. The quantitative estimate of drug-likeness (QED) is 0.769. The standard InChI is InChI=1S/C16H21N2O2P/c1-14-7-5-6-10-16(14)12-20-21(19,13-17)18-11-15-8-3-2-4-9-15/h2-10H,11-13,17H2,1H3,(H,18,19). The van der Waals surface area contributed by atoms with E-state index in [0.29, 0.717) is 13.2 Å². The summed E-state index contributed by atoms with van der Waals surface area (Å²) in [6.45, 7) is 2.77. The number of hydrogen-bond acceptors (Lipinski definition) is 3. The first-order valence-electron chi connectivity index (χ1n) is 6.90. The van der Waals surface area contributed by atoms with Gasteiger partial charge in [0.05, 0.1) is 12.9 Å². The molecule has 0 fully saturated rings. The molecule has 1 unspecified atom stereocenters. The van der Waals surface area contributed by atoms with Crippen molar-refractivity contribution in [2.24, 2.45) is 5.73 Å². The predicted octanol–water partition coefficient (Wildman–Crippen LogP) is 3.41. The van der Waals surface area contributed by atoms with Gasteiger partial charge in [-0.2, -0.15) is 0 Å². The highest BCUT2D eigenvalue weighted by Crippen LogP contribution is 2.41. The third-order valence-corrected chi connectivity index (χ3v) is 4.96. The van der Waals surface area contributed by atoms with Gasteiger partial charge in [0.2, 0.25) is 0 Å². The van der Waals surface area contributed by atoms with Crippen molar-refractivity contribution < 1.29 is 9.09 Å². The summed E-state index contributed by atoms with van der Waals surface area (Å²) in [6, 6.07) is 17.6. The maximum absolute atomic E-state index is 12.6. The van der Waals surface area contributed by atoms with Crippen molar-refractivity contribution in [3.8, 4) is 0 Å². The number of rotatable bonds is 7. The molecule has 21 heavy (non-hydrogen) atoms. The molecule has 1 atom stereocenters. The molecule has 0 amide bonds. The van der Waals surface area contributed by atoms with Crippen LogP contribution in [0.25, 0.3) is 0 Å². The van der Waals surface area contributed by atoms with Crippen LogP contribution in [-0.4, -0.2) is 6.29 Å². The zero-order valence-electron chi connectivity index (χ0n) is 12.2. The Morgan fingerprint density at radius 2 is 1.76 bits per heavy atom. The van der Waals surface area contributed by atoms with Gasteiger partial charge in [-0.3, -0.25) is 4.57 Å². The molecule has 0 aliphatic rings. The van der Waals surface area contributed by atoms with E-state index in [1.165, 1.54) is 0 Å². The van der Waals surface area contributed by atoms with Crippen molar-refractivity contribution in [2.75, 3.05) is 6.29 Å². The summed E-state index contributed by atoms with van der Waals surface area (Å²) in [7, 11) is -3.02. The van der Waals surface area contributed by atoms with Gasteiger partial charge in [-0.25, -0.2) is 5.09 Å². The van der Waals surface area contributed by atoms with Crippen LogP contribution in [0.4, 0.5) is 0 Å². The molecule has 3 N–H and O–H groups in total. The van der Waals surface area contributed by atoms with Crippen molar-refractivity contribution in [1.29, 1.82) is 0 Å². The Kier molecular flexibility index (Phi) is 5.71. The van der Waals surface area contributed by atoms with E-state index in [9.17, 15) is 4.57 Å². The van der Waals surface area contributed by atoms with Crippen LogP contribution in [-0.2, 0) is 22.2 Å². The molecule has 2 aromatic rings. The SMILES string of the molecule is Cc1ccccc1COP(=O)(CN)NCc1ccccc1. The first-order chi connectivity index (χ1) is 10.1. The van der Waals surface area contributed by atoms with Crippen LogP contribution in [0.2, 0.25) is 0 Å². The summed E-state index contributed by atoms with van der Waals surface area (Å²) in [5.74, 6) is 0. The molecular formula is C16H21N2O2P. The van der Waals surface area contributed by atoms with Gasteiger partial charge in [0.25, 0.3) is 7.52 Å². The van der Waals surface area contributed by atoms with Gasteiger partial charge in [-0.05, 0) is 23.6 Å². The highest BCUT2D eigenvalue weighted by molar-refractivity contribution is 7.56. The lowest BCUT2D eigenvalue weighted by Gasteiger charge is -2.18. The van der Waals surface area contributed by atoms with Crippen LogP contribution in [0.5, 0.6) is 0 Å². The number of hydrogen-bond donors (Lipinski definition) is 2. The third kappa shape index (κ3) is 4.80. The Balaban J connectivity index is 1.95. The van der Waals surface area contributed by atoms with Gasteiger partial charge >= 0.3 is 0 Å². The minimum atomic E-state index is -3.02. The Morgan fingerprint density at radius 3 is 2.43 bits per heavy atom. The second-order valence-electron chi connectivity index (χ2n) is 4.88. The second-order valence-corrected chi connectivity index (χ2v) is 7.16. The topological polar surface area (TPSA) is 64.3 Å². The van der Waals surface area contributed by atoms with Crippen molar-refractivity contribution in [3.63, 3.8) is 0 Å². The number of benzene rings is 2. The minimum Gasteiger partial charge on any atom is -0.321 e.